The summed E-state index contributed by atoms with van der Waals surface area (Å²) in [6.07, 6.45) is 0.656. The van der Waals surface area contributed by atoms with Gasteiger partial charge in [0.2, 0.25) is 0 Å². The lowest BCUT2D eigenvalue weighted by Crippen LogP contribution is -2.17. The summed E-state index contributed by atoms with van der Waals surface area (Å²) < 4.78 is 0. The van der Waals surface area contributed by atoms with Crippen molar-refractivity contribution in [2.45, 2.75) is 19.9 Å². The highest BCUT2D eigenvalue weighted by molar-refractivity contribution is 5.39. The smallest absolute Gasteiger partial charge is 0.272 e. The molecule has 0 spiro atoms. The van der Waals surface area contributed by atoms with E-state index < -0.39 is 0 Å². The van der Waals surface area contributed by atoms with E-state index in [9.17, 15) is 10.1 Å². The molecule has 0 saturated heterocycles. The maximum Gasteiger partial charge on any atom is 0.272 e. The number of hydrogen-bond donors (Lipinski definition) is 1. The van der Waals surface area contributed by atoms with Crippen molar-refractivity contribution in [2.24, 2.45) is 0 Å². The minimum Gasteiger partial charge on any atom is -0.312 e. The molecule has 1 N–H and O–H groups in total. The van der Waals surface area contributed by atoms with Crippen molar-refractivity contribution in [3.05, 3.63) is 75.3 Å². The van der Waals surface area contributed by atoms with Crippen molar-refractivity contribution in [1.82, 2.24) is 5.32 Å². The van der Waals surface area contributed by atoms with Gasteiger partial charge in [0.25, 0.3) is 5.69 Å². The van der Waals surface area contributed by atoms with Gasteiger partial charge in [0.15, 0.2) is 0 Å². The van der Waals surface area contributed by atoms with E-state index in [0.717, 1.165) is 18.7 Å². The van der Waals surface area contributed by atoms with Gasteiger partial charge in [-0.15, -0.1) is 0 Å². The summed E-state index contributed by atoms with van der Waals surface area (Å²) in [6, 6.07) is 15.2. The molecule has 4 nitrogen and oxygen atoms in total. The molecule has 0 aliphatic rings. The average molecular weight is 270 g/mol. The van der Waals surface area contributed by atoms with Crippen molar-refractivity contribution in [3.8, 4) is 0 Å². The zero-order valence-electron chi connectivity index (χ0n) is 11.5. The van der Waals surface area contributed by atoms with Crippen LogP contribution in [0.5, 0.6) is 0 Å². The summed E-state index contributed by atoms with van der Waals surface area (Å²) in [5, 5.41) is 14.2. The van der Waals surface area contributed by atoms with Gasteiger partial charge < -0.3 is 5.32 Å². The van der Waals surface area contributed by atoms with Crippen LogP contribution in [-0.2, 0) is 13.0 Å². The minimum absolute atomic E-state index is 0.199. The Morgan fingerprint density at radius 1 is 1.10 bits per heavy atom. The lowest BCUT2D eigenvalue weighted by molar-refractivity contribution is -0.385. The van der Waals surface area contributed by atoms with Crippen LogP contribution in [0.25, 0.3) is 0 Å². The maximum absolute atomic E-state index is 10.9. The molecule has 104 valence electrons. The zero-order valence-corrected chi connectivity index (χ0v) is 11.5. The maximum atomic E-state index is 10.9. The zero-order chi connectivity index (χ0) is 14.4. The lowest BCUT2D eigenvalue weighted by atomic mass is 10.1. The predicted octanol–water partition coefficient (Wildman–Crippen LogP) is 3.24. The lowest BCUT2D eigenvalue weighted by Gasteiger charge is -2.06. The first kappa shape index (κ1) is 14.2. The molecule has 2 aromatic rings. The Hall–Kier alpha value is -2.20. The van der Waals surface area contributed by atoms with Crippen LogP contribution in [0.1, 0.15) is 16.7 Å². The molecule has 0 atom stereocenters. The Kier molecular flexibility index (Phi) is 4.85. The second-order valence-electron chi connectivity index (χ2n) is 4.80. The van der Waals surface area contributed by atoms with Gasteiger partial charge in [0, 0.05) is 18.2 Å². The predicted molar refractivity (Wildman–Crippen MR) is 79.7 cm³/mol. The van der Waals surface area contributed by atoms with Crippen LogP contribution < -0.4 is 5.32 Å². The molecule has 0 amide bonds. The van der Waals surface area contributed by atoms with E-state index in [4.69, 9.17) is 0 Å². The third kappa shape index (κ3) is 3.90. The number of rotatable bonds is 6. The van der Waals surface area contributed by atoms with Crippen LogP contribution in [-0.4, -0.2) is 11.5 Å². The summed E-state index contributed by atoms with van der Waals surface area (Å²) in [7, 11) is 0. The number of aryl methyl sites for hydroxylation is 1. The minimum atomic E-state index is -0.324. The largest absolute Gasteiger partial charge is 0.312 e. The van der Waals surface area contributed by atoms with Crippen LogP contribution in [0.4, 0.5) is 5.69 Å². The number of nitro groups is 1. The van der Waals surface area contributed by atoms with Crippen LogP contribution in [0.2, 0.25) is 0 Å². The van der Waals surface area contributed by atoms with Crippen molar-refractivity contribution >= 4 is 5.69 Å². The first-order valence-electron chi connectivity index (χ1n) is 6.65. The average Bonchev–Trinajstić information content (AvgIpc) is 2.46. The van der Waals surface area contributed by atoms with Crippen molar-refractivity contribution < 1.29 is 4.92 Å². The summed E-state index contributed by atoms with van der Waals surface area (Å²) in [6.45, 7) is 3.56. The van der Waals surface area contributed by atoms with E-state index in [1.807, 2.05) is 12.1 Å². The Morgan fingerprint density at radius 3 is 2.50 bits per heavy atom. The number of benzene rings is 2. The fourth-order valence-corrected chi connectivity index (χ4v) is 2.06. The van der Waals surface area contributed by atoms with E-state index in [1.165, 1.54) is 11.1 Å². The van der Waals surface area contributed by atoms with Gasteiger partial charge in [-0.3, -0.25) is 10.1 Å². The van der Waals surface area contributed by atoms with Crippen molar-refractivity contribution in [2.75, 3.05) is 6.54 Å². The molecule has 2 aromatic carbocycles. The molecule has 0 aliphatic carbocycles. The summed E-state index contributed by atoms with van der Waals surface area (Å²) in [4.78, 5) is 10.6. The summed E-state index contributed by atoms with van der Waals surface area (Å²) in [5.74, 6) is 0. The summed E-state index contributed by atoms with van der Waals surface area (Å²) >= 11 is 0. The summed E-state index contributed by atoms with van der Waals surface area (Å²) in [5.41, 5.74) is 3.44. The molecule has 0 unspecified atom stereocenters. The third-order valence-corrected chi connectivity index (χ3v) is 3.21. The Balaban J connectivity index is 1.84. The first-order valence-corrected chi connectivity index (χ1v) is 6.65. The molecule has 0 fully saturated rings. The number of para-hydroxylation sites is 1. The molecule has 0 bridgehead atoms. The topological polar surface area (TPSA) is 55.2 Å². The van der Waals surface area contributed by atoms with Gasteiger partial charge in [-0.2, -0.15) is 0 Å². The highest BCUT2D eigenvalue weighted by Crippen LogP contribution is 2.17. The molecule has 2 rings (SSSR count). The molecule has 0 radical (unpaired) electrons. The SMILES string of the molecule is Cc1ccc(CNCCc2ccccc2[N+](=O)[O-])cc1. The molecule has 0 saturated carbocycles. The Morgan fingerprint density at radius 2 is 1.80 bits per heavy atom. The van der Waals surface area contributed by atoms with E-state index in [-0.39, 0.29) is 10.6 Å². The highest BCUT2D eigenvalue weighted by Gasteiger charge is 2.11. The first-order chi connectivity index (χ1) is 9.66. The molecular formula is C16H18N2O2. The van der Waals surface area contributed by atoms with Crippen LogP contribution in [0.15, 0.2) is 48.5 Å². The van der Waals surface area contributed by atoms with Crippen LogP contribution in [0.3, 0.4) is 0 Å². The van der Waals surface area contributed by atoms with Gasteiger partial charge in [-0.1, -0.05) is 48.0 Å². The van der Waals surface area contributed by atoms with Crippen molar-refractivity contribution in [3.63, 3.8) is 0 Å². The number of nitrogens with zero attached hydrogens (tertiary/aromatic N) is 1. The molecular weight excluding hydrogens is 252 g/mol. The Bertz CT molecular complexity index is 579. The van der Waals surface area contributed by atoms with Crippen LogP contribution in [0, 0.1) is 17.0 Å². The third-order valence-electron chi connectivity index (χ3n) is 3.21. The standard InChI is InChI=1S/C16H18N2O2/c1-13-6-8-14(9-7-13)12-17-11-10-15-4-2-3-5-16(15)18(19)20/h2-9,17H,10-12H2,1H3. The normalized spacial score (nSPS) is 10.4. The van der Waals surface area contributed by atoms with Gasteiger partial charge in [-0.25, -0.2) is 0 Å². The van der Waals surface area contributed by atoms with E-state index in [1.54, 1.807) is 12.1 Å². The second kappa shape index (κ2) is 6.82. The molecule has 20 heavy (non-hydrogen) atoms. The van der Waals surface area contributed by atoms with Gasteiger partial charge in [0.1, 0.15) is 0 Å². The van der Waals surface area contributed by atoms with E-state index in [0.29, 0.717) is 6.42 Å². The van der Waals surface area contributed by atoms with Gasteiger partial charge in [0.05, 0.1) is 4.92 Å². The van der Waals surface area contributed by atoms with Crippen molar-refractivity contribution in [1.29, 1.82) is 0 Å². The van der Waals surface area contributed by atoms with Gasteiger partial charge >= 0.3 is 0 Å². The fourth-order valence-electron chi connectivity index (χ4n) is 2.06. The second-order valence-corrected chi connectivity index (χ2v) is 4.80. The monoisotopic (exact) mass is 270 g/mol. The van der Waals surface area contributed by atoms with Gasteiger partial charge in [-0.05, 0) is 25.5 Å². The van der Waals surface area contributed by atoms with Crippen LogP contribution >= 0.6 is 0 Å². The number of nitro benzene ring substituents is 1. The molecule has 0 aliphatic heterocycles. The van der Waals surface area contributed by atoms with E-state index >= 15 is 0 Å². The number of nitrogens with one attached hydrogen (secondary N) is 1. The molecule has 0 heterocycles. The highest BCUT2D eigenvalue weighted by atomic mass is 16.6. The van der Waals surface area contributed by atoms with E-state index in [2.05, 4.69) is 36.5 Å². The molecule has 4 heteroatoms. The Labute approximate surface area is 118 Å². The number of hydrogen-bond acceptors (Lipinski definition) is 3. The molecule has 0 aromatic heterocycles. The quantitative estimate of drug-likeness (QED) is 0.498. The fraction of sp³-hybridized carbons (Fsp3) is 0.250.